The largest absolute Gasteiger partial charge is 0.496 e. The molecule has 0 N–H and O–H groups in total. The molecule has 0 unspecified atom stereocenters. The first-order valence-corrected chi connectivity index (χ1v) is 8.82. The number of ketones is 1. The average Bonchev–Trinajstić information content (AvgIpc) is 2.84. The van der Waals surface area contributed by atoms with E-state index >= 15 is 0 Å². The maximum atomic E-state index is 12.3. The summed E-state index contributed by atoms with van der Waals surface area (Å²) in [4.78, 5) is 24.6. The molecule has 1 aromatic heterocycles. The van der Waals surface area contributed by atoms with Crippen LogP contribution in [0.2, 0.25) is 0 Å². The van der Waals surface area contributed by atoms with Gasteiger partial charge >= 0.3 is 5.97 Å². The van der Waals surface area contributed by atoms with Crippen molar-refractivity contribution in [2.24, 2.45) is 0 Å². The Kier molecular flexibility index (Phi) is 5.47. The topological polar surface area (TPSA) is 52.6 Å². The van der Waals surface area contributed by atoms with Crippen LogP contribution in [0.5, 0.6) is 5.75 Å². The maximum Gasteiger partial charge on any atom is 0.306 e. The van der Waals surface area contributed by atoms with E-state index in [0.29, 0.717) is 4.88 Å². The van der Waals surface area contributed by atoms with Gasteiger partial charge in [0.1, 0.15) is 11.4 Å². The zero-order chi connectivity index (χ0) is 17.2. The van der Waals surface area contributed by atoms with E-state index in [-0.39, 0.29) is 24.6 Å². The summed E-state index contributed by atoms with van der Waals surface area (Å²) in [5.74, 6) is 0.326. The van der Waals surface area contributed by atoms with Crippen LogP contribution in [0.25, 0.3) is 10.1 Å². The van der Waals surface area contributed by atoms with Crippen LogP contribution >= 0.6 is 27.3 Å². The number of Topliss-reactive ketones (excluding diaryl/α,β-unsaturated/α-hetero) is 1. The summed E-state index contributed by atoms with van der Waals surface area (Å²) in [6.45, 7) is 5.43. The highest BCUT2D eigenvalue weighted by molar-refractivity contribution is 9.10. The van der Waals surface area contributed by atoms with Gasteiger partial charge in [0.15, 0.2) is 5.78 Å². The second-order valence-electron chi connectivity index (χ2n) is 6.14. The number of rotatable bonds is 5. The van der Waals surface area contributed by atoms with Crippen molar-refractivity contribution in [3.63, 3.8) is 0 Å². The van der Waals surface area contributed by atoms with Gasteiger partial charge in [-0.25, -0.2) is 0 Å². The first kappa shape index (κ1) is 17.9. The Labute approximate surface area is 147 Å². The van der Waals surface area contributed by atoms with Crippen molar-refractivity contribution in [1.82, 2.24) is 0 Å². The van der Waals surface area contributed by atoms with E-state index in [1.807, 2.05) is 39.0 Å². The number of halogens is 1. The minimum absolute atomic E-state index is 0.0489. The molecule has 0 atom stereocenters. The van der Waals surface area contributed by atoms with Gasteiger partial charge in [-0.05, 0) is 60.3 Å². The summed E-state index contributed by atoms with van der Waals surface area (Å²) in [5, 5.41) is 0.954. The Bertz CT molecular complexity index is 743. The summed E-state index contributed by atoms with van der Waals surface area (Å²) in [5.41, 5.74) is -0.527. The highest BCUT2D eigenvalue weighted by Crippen LogP contribution is 2.35. The Morgan fingerprint density at radius 3 is 2.48 bits per heavy atom. The van der Waals surface area contributed by atoms with Crippen LogP contribution in [0, 0.1) is 0 Å². The van der Waals surface area contributed by atoms with Crippen molar-refractivity contribution in [2.45, 2.75) is 39.2 Å². The number of thiophene rings is 1. The standard InChI is InChI=1S/C17H19BrO4S/c1-17(2,3)22-16(20)6-5-12(19)15-8-10-7-13(21-4)11(18)9-14(10)23-15/h7-9H,5-6H2,1-4H3. The second-order valence-corrected chi connectivity index (χ2v) is 8.08. The molecule has 1 aromatic carbocycles. The molecule has 124 valence electrons. The Balaban J connectivity index is 2.08. The van der Waals surface area contributed by atoms with Crippen molar-refractivity contribution >= 4 is 49.1 Å². The number of hydrogen-bond acceptors (Lipinski definition) is 5. The third-order valence-corrected chi connectivity index (χ3v) is 4.80. The summed E-state index contributed by atoms with van der Waals surface area (Å²) in [6, 6.07) is 5.66. The molecule has 0 fully saturated rings. The molecule has 2 rings (SSSR count). The minimum atomic E-state index is -0.527. The van der Waals surface area contributed by atoms with Crippen LogP contribution in [-0.2, 0) is 9.53 Å². The number of ether oxygens (including phenoxy) is 2. The second kappa shape index (κ2) is 7.01. The van der Waals surface area contributed by atoms with Gasteiger partial charge in [0.05, 0.1) is 22.9 Å². The molecule has 0 saturated carbocycles. The van der Waals surface area contributed by atoms with Crippen molar-refractivity contribution in [3.8, 4) is 5.75 Å². The van der Waals surface area contributed by atoms with E-state index < -0.39 is 5.60 Å². The SMILES string of the molecule is COc1cc2cc(C(=O)CCC(=O)OC(C)(C)C)sc2cc1Br. The first-order valence-electron chi connectivity index (χ1n) is 7.22. The highest BCUT2D eigenvalue weighted by atomic mass is 79.9. The van der Waals surface area contributed by atoms with Gasteiger partial charge in [-0.15, -0.1) is 11.3 Å². The molecular weight excluding hydrogens is 380 g/mol. The zero-order valence-electron chi connectivity index (χ0n) is 13.6. The van der Waals surface area contributed by atoms with Gasteiger partial charge in [0.25, 0.3) is 0 Å². The molecule has 4 nitrogen and oxygen atoms in total. The van der Waals surface area contributed by atoms with Crippen molar-refractivity contribution in [3.05, 3.63) is 27.5 Å². The molecule has 0 aliphatic rings. The number of methoxy groups -OCH3 is 1. The van der Waals surface area contributed by atoms with Crippen molar-refractivity contribution in [1.29, 1.82) is 0 Å². The van der Waals surface area contributed by atoms with E-state index in [1.54, 1.807) is 7.11 Å². The number of fused-ring (bicyclic) bond motifs is 1. The van der Waals surface area contributed by atoms with Crippen LogP contribution in [0.15, 0.2) is 22.7 Å². The zero-order valence-corrected chi connectivity index (χ0v) is 16.0. The molecule has 0 saturated heterocycles. The number of carbonyl (C=O) groups excluding carboxylic acids is 2. The van der Waals surface area contributed by atoms with E-state index in [9.17, 15) is 9.59 Å². The molecule has 0 aliphatic carbocycles. The van der Waals surface area contributed by atoms with Gasteiger partial charge in [-0.2, -0.15) is 0 Å². The van der Waals surface area contributed by atoms with Crippen LogP contribution in [0.1, 0.15) is 43.3 Å². The highest BCUT2D eigenvalue weighted by Gasteiger charge is 2.18. The smallest absolute Gasteiger partial charge is 0.306 e. The van der Waals surface area contributed by atoms with Gasteiger partial charge in [0.2, 0.25) is 0 Å². The fourth-order valence-corrected chi connectivity index (χ4v) is 3.77. The van der Waals surface area contributed by atoms with Crippen LogP contribution in [0.4, 0.5) is 0 Å². The molecule has 0 spiro atoms. The lowest BCUT2D eigenvalue weighted by atomic mass is 10.1. The fraction of sp³-hybridized carbons (Fsp3) is 0.412. The number of carbonyl (C=O) groups is 2. The van der Waals surface area contributed by atoms with E-state index in [0.717, 1.165) is 20.3 Å². The molecule has 23 heavy (non-hydrogen) atoms. The summed E-state index contributed by atoms with van der Waals surface area (Å²) in [7, 11) is 1.60. The maximum absolute atomic E-state index is 12.3. The molecule has 0 amide bonds. The van der Waals surface area contributed by atoms with E-state index in [1.165, 1.54) is 11.3 Å². The molecular formula is C17H19BrO4S. The average molecular weight is 399 g/mol. The predicted molar refractivity (Wildman–Crippen MR) is 95.5 cm³/mol. The summed E-state index contributed by atoms with van der Waals surface area (Å²) in [6.07, 6.45) is 0.247. The monoisotopic (exact) mass is 398 g/mol. The minimum Gasteiger partial charge on any atom is -0.496 e. The Morgan fingerprint density at radius 2 is 1.87 bits per heavy atom. The number of esters is 1. The lowest BCUT2D eigenvalue weighted by Gasteiger charge is -2.19. The van der Waals surface area contributed by atoms with Crippen LogP contribution < -0.4 is 4.74 Å². The Hall–Kier alpha value is -1.40. The first-order chi connectivity index (χ1) is 10.7. The predicted octanol–water partition coefficient (Wildman–Crippen LogP) is 4.98. The number of benzene rings is 1. The Morgan fingerprint density at radius 1 is 1.17 bits per heavy atom. The van der Waals surface area contributed by atoms with Gasteiger partial charge in [-0.1, -0.05) is 0 Å². The molecule has 0 aliphatic heterocycles. The summed E-state index contributed by atoms with van der Waals surface area (Å²) >= 11 is 4.85. The summed E-state index contributed by atoms with van der Waals surface area (Å²) < 4.78 is 12.3. The molecule has 6 heteroatoms. The third kappa shape index (κ3) is 4.78. The van der Waals surface area contributed by atoms with Crippen molar-refractivity contribution < 1.29 is 19.1 Å². The lowest BCUT2D eigenvalue weighted by Crippen LogP contribution is -2.24. The van der Waals surface area contributed by atoms with Crippen molar-refractivity contribution in [2.75, 3.05) is 7.11 Å². The quantitative estimate of drug-likeness (QED) is 0.526. The van der Waals surface area contributed by atoms with Gasteiger partial charge in [0, 0.05) is 11.1 Å². The van der Waals surface area contributed by atoms with Crippen LogP contribution in [-0.4, -0.2) is 24.5 Å². The lowest BCUT2D eigenvalue weighted by molar-refractivity contribution is -0.154. The fourth-order valence-electron chi connectivity index (χ4n) is 2.07. The molecule has 1 heterocycles. The third-order valence-electron chi connectivity index (χ3n) is 3.04. The number of hydrogen-bond donors (Lipinski definition) is 0. The van der Waals surface area contributed by atoms with Gasteiger partial charge < -0.3 is 9.47 Å². The molecule has 0 bridgehead atoms. The van der Waals surface area contributed by atoms with Crippen LogP contribution in [0.3, 0.4) is 0 Å². The normalized spacial score (nSPS) is 11.5. The van der Waals surface area contributed by atoms with E-state index in [2.05, 4.69) is 15.9 Å². The van der Waals surface area contributed by atoms with Gasteiger partial charge in [-0.3, -0.25) is 9.59 Å². The molecule has 0 radical (unpaired) electrons. The van der Waals surface area contributed by atoms with E-state index in [4.69, 9.17) is 9.47 Å². The molecule has 2 aromatic rings.